The zero-order valence-electron chi connectivity index (χ0n) is 10.3. The van der Waals surface area contributed by atoms with E-state index in [1.165, 1.54) is 13.2 Å². The van der Waals surface area contributed by atoms with Crippen LogP contribution in [-0.4, -0.2) is 19.8 Å². The van der Waals surface area contributed by atoms with Gasteiger partial charge in [-0.2, -0.15) is 0 Å². The minimum Gasteiger partial charge on any atom is -0.496 e. The molecule has 1 aliphatic rings. The van der Waals surface area contributed by atoms with Gasteiger partial charge < -0.3 is 15.2 Å². The fraction of sp³-hybridized carbons (Fsp3) is 0.538. The van der Waals surface area contributed by atoms with E-state index in [0.29, 0.717) is 12.2 Å². The van der Waals surface area contributed by atoms with Crippen molar-refractivity contribution in [1.29, 1.82) is 0 Å². The molecule has 2 N–H and O–H groups in total. The van der Waals surface area contributed by atoms with Gasteiger partial charge in [0.1, 0.15) is 5.75 Å². The van der Waals surface area contributed by atoms with Crippen LogP contribution < -0.4 is 15.2 Å². The predicted octanol–water partition coefficient (Wildman–Crippen LogP) is 2.27. The van der Waals surface area contributed by atoms with E-state index in [-0.39, 0.29) is 17.1 Å². The molecule has 94 valence electrons. The molecule has 0 unspecified atom stereocenters. The van der Waals surface area contributed by atoms with Crippen molar-refractivity contribution in [2.45, 2.75) is 31.2 Å². The third-order valence-electron chi connectivity index (χ3n) is 3.36. The van der Waals surface area contributed by atoms with Crippen molar-refractivity contribution in [2.75, 3.05) is 14.2 Å². The van der Waals surface area contributed by atoms with Gasteiger partial charge in [0.25, 0.3) is 0 Å². The second kappa shape index (κ2) is 4.53. The number of halogens is 1. The molecular weight excluding hydrogens is 221 g/mol. The van der Waals surface area contributed by atoms with Crippen molar-refractivity contribution in [1.82, 2.24) is 0 Å². The summed E-state index contributed by atoms with van der Waals surface area (Å²) in [5.74, 6) is 0.575. The Bertz CT molecular complexity index is 416. The third kappa shape index (κ3) is 2.52. The molecule has 3 nitrogen and oxygen atoms in total. The van der Waals surface area contributed by atoms with Crippen molar-refractivity contribution in [3.63, 3.8) is 0 Å². The molecule has 2 rings (SSSR count). The lowest BCUT2D eigenvalue weighted by molar-refractivity contribution is 0.363. The molecule has 0 spiro atoms. The highest BCUT2D eigenvalue weighted by molar-refractivity contribution is 5.46. The van der Waals surface area contributed by atoms with E-state index < -0.39 is 0 Å². The van der Waals surface area contributed by atoms with E-state index in [9.17, 15) is 4.39 Å². The quantitative estimate of drug-likeness (QED) is 0.857. The first-order valence-electron chi connectivity index (χ1n) is 5.78. The van der Waals surface area contributed by atoms with Gasteiger partial charge in [-0.05, 0) is 37.8 Å². The molecule has 1 aliphatic carbocycles. The van der Waals surface area contributed by atoms with Crippen molar-refractivity contribution >= 4 is 0 Å². The minimum atomic E-state index is -0.356. The topological polar surface area (TPSA) is 44.5 Å². The first-order chi connectivity index (χ1) is 8.09. The number of ether oxygens (including phenoxy) is 2. The SMILES string of the molecule is COc1ccc(F)c(OC)c1CCC1(N)CC1. The highest BCUT2D eigenvalue weighted by Gasteiger charge is 2.37. The molecule has 0 heterocycles. The second-order valence-corrected chi connectivity index (χ2v) is 4.62. The summed E-state index contributed by atoms with van der Waals surface area (Å²) in [6, 6.07) is 2.99. The first-order valence-corrected chi connectivity index (χ1v) is 5.78. The molecular formula is C13H18FNO2. The van der Waals surface area contributed by atoms with Gasteiger partial charge in [0.05, 0.1) is 14.2 Å². The zero-order valence-corrected chi connectivity index (χ0v) is 10.3. The van der Waals surface area contributed by atoms with Gasteiger partial charge in [-0.1, -0.05) is 0 Å². The Hall–Kier alpha value is -1.29. The van der Waals surface area contributed by atoms with Crippen LogP contribution in [0.5, 0.6) is 11.5 Å². The van der Waals surface area contributed by atoms with Crippen molar-refractivity contribution in [2.24, 2.45) is 5.73 Å². The average Bonchev–Trinajstić information content (AvgIpc) is 3.05. The van der Waals surface area contributed by atoms with Gasteiger partial charge in [0, 0.05) is 11.1 Å². The maximum Gasteiger partial charge on any atom is 0.165 e. The number of methoxy groups -OCH3 is 2. The van der Waals surface area contributed by atoms with Crippen LogP contribution in [0, 0.1) is 5.82 Å². The van der Waals surface area contributed by atoms with E-state index >= 15 is 0 Å². The zero-order chi connectivity index (χ0) is 12.5. The number of hydrogen-bond donors (Lipinski definition) is 1. The lowest BCUT2D eigenvalue weighted by Gasteiger charge is -2.15. The molecule has 0 radical (unpaired) electrons. The molecule has 1 saturated carbocycles. The van der Waals surface area contributed by atoms with Gasteiger partial charge in [-0.25, -0.2) is 4.39 Å². The van der Waals surface area contributed by atoms with E-state index in [1.807, 2.05) is 0 Å². The Balaban J connectivity index is 2.24. The highest BCUT2D eigenvalue weighted by atomic mass is 19.1. The Morgan fingerprint density at radius 2 is 2.00 bits per heavy atom. The van der Waals surface area contributed by atoms with Crippen molar-refractivity contribution in [3.05, 3.63) is 23.5 Å². The maximum atomic E-state index is 13.6. The van der Waals surface area contributed by atoms with Gasteiger partial charge in [-0.3, -0.25) is 0 Å². The lowest BCUT2D eigenvalue weighted by atomic mass is 10.0. The minimum absolute atomic E-state index is 0.0532. The van der Waals surface area contributed by atoms with Crippen molar-refractivity contribution in [3.8, 4) is 11.5 Å². The van der Waals surface area contributed by atoms with Crippen LogP contribution in [-0.2, 0) is 6.42 Å². The molecule has 1 fully saturated rings. The Kier molecular flexibility index (Phi) is 3.24. The summed E-state index contributed by atoms with van der Waals surface area (Å²) in [6.45, 7) is 0. The summed E-state index contributed by atoms with van der Waals surface area (Å²) in [5, 5.41) is 0. The Labute approximate surface area is 101 Å². The Morgan fingerprint density at radius 1 is 1.29 bits per heavy atom. The van der Waals surface area contributed by atoms with Gasteiger partial charge in [0.2, 0.25) is 0 Å². The number of rotatable bonds is 5. The number of benzene rings is 1. The van der Waals surface area contributed by atoms with Gasteiger partial charge in [0.15, 0.2) is 11.6 Å². The predicted molar refractivity (Wildman–Crippen MR) is 64.0 cm³/mol. The van der Waals surface area contributed by atoms with Gasteiger partial charge in [-0.15, -0.1) is 0 Å². The third-order valence-corrected chi connectivity index (χ3v) is 3.36. The molecule has 0 bridgehead atoms. The molecule has 4 heteroatoms. The van der Waals surface area contributed by atoms with Crippen LogP contribution in [0.3, 0.4) is 0 Å². The molecule has 17 heavy (non-hydrogen) atoms. The molecule has 0 amide bonds. The summed E-state index contributed by atoms with van der Waals surface area (Å²) < 4.78 is 23.9. The van der Waals surface area contributed by atoms with Crippen LogP contribution >= 0.6 is 0 Å². The smallest absolute Gasteiger partial charge is 0.165 e. The van der Waals surface area contributed by atoms with Crippen LogP contribution in [0.4, 0.5) is 4.39 Å². The van der Waals surface area contributed by atoms with Crippen LogP contribution in [0.1, 0.15) is 24.8 Å². The van der Waals surface area contributed by atoms with Crippen LogP contribution in [0.15, 0.2) is 12.1 Å². The molecule has 0 saturated heterocycles. The van der Waals surface area contributed by atoms with E-state index in [1.54, 1.807) is 13.2 Å². The number of hydrogen-bond acceptors (Lipinski definition) is 3. The first kappa shape index (κ1) is 12.2. The Morgan fingerprint density at radius 3 is 2.53 bits per heavy atom. The van der Waals surface area contributed by atoms with Crippen LogP contribution in [0.2, 0.25) is 0 Å². The van der Waals surface area contributed by atoms with E-state index in [0.717, 1.165) is 24.8 Å². The standard InChI is InChI=1S/C13H18FNO2/c1-16-11-4-3-10(14)12(17-2)9(11)5-6-13(15)7-8-13/h3-4H,5-8,15H2,1-2H3. The number of nitrogens with two attached hydrogens (primary N) is 1. The highest BCUT2D eigenvalue weighted by Crippen LogP contribution is 2.39. The summed E-state index contributed by atoms with van der Waals surface area (Å²) >= 11 is 0. The monoisotopic (exact) mass is 239 g/mol. The maximum absolute atomic E-state index is 13.6. The normalized spacial score (nSPS) is 16.7. The summed E-state index contributed by atoms with van der Waals surface area (Å²) in [7, 11) is 3.04. The lowest BCUT2D eigenvalue weighted by Crippen LogP contribution is -2.22. The summed E-state index contributed by atoms with van der Waals surface area (Å²) in [4.78, 5) is 0. The second-order valence-electron chi connectivity index (χ2n) is 4.62. The molecule has 0 atom stereocenters. The summed E-state index contributed by atoms with van der Waals surface area (Å²) in [6.07, 6.45) is 3.61. The van der Waals surface area contributed by atoms with Crippen LogP contribution in [0.25, 0.3) is 0 Å². The largest absolute Gasteiger partial charge is 0.496 e. The fourth-order valence-corrected chi connectivity index (χ4v) is 2.01. The van der Waals surface area contributed by atoms with E-state index in [2.05, 4.69) is 0 Å². The average molecular weight is 239 g/mol. The van der Waals surface area contributed by atoms with Gasteiger partial charge >= 0.3 is 0 Å². The molecule has 1 aromatic rings. The fourth-order valence-electron chi connectivity index (χ4n) is 2.01. The molecule has 0 aromatic heterocycles. The molecule has 0 aliphatic heterocycles. The molecule has 1 aromatic carbocycles. The van der Waals surface area contributed by atoms with E-state index in [4.69, 9.17) is 15.2 Å². The van der Waals surface area contributed by atoms with Crippen molar-refractivity contribution < 1.29 is 13.9 Å². The summed E-state index contributed by atoms with van der Waals surface area (Å²) in [5.41, 5.74) is 6.76.